The summed E-state index contributed by atoms with van der Waals surface area (Å²) in [6.07, 6.45) is 0.720. The molecule has 0 bridgehead atoms. The lowest BCUT2D eigenvalue weighted by Gasteiger charge is -2.33. The summed E-state index contributed by atoms with van der Waals surface area (Å²) in [6, 6.07) is 8.03. The van der Waals surface area contributed by atoms with Crippen molar-refractivity contribution >= 4 is 39.9 Å². The van der Waals surface area contributed by atoms with Gasteiger partial charge in [-0.25, -0.2) is 23.1 Å². The lowest BCUT2D eigenvalue weighted by molar-refractivity contribution is -0.0221. The van der Waals surface area contributed by atoms with Gasteiger partial charge in [-0.2, -0.15) is 0 Å². The fourth-order valence-electron chi connectivity index (χ4n) is 3.31. The van der Waals surface area contributed by atoms with Crippen molar-refractivity contribution in [2.75, 3.05) is 18.0 Å². The second kappa shape index (κ2) is 6.84. The summed E-state index contributed by atoms with van der Waals surface area (Å²) in [5.74, 6) is -2.74. The van der Waals surface area contributed by atoms with Gasteiger partial charge in [-0.1, -0.05) is 35.3 Å². The molecule has 1 fully saturated rings. The smallest absolute Gasteiger partial charge is 0.251 e. The monoisotopic (exact) mass is 411 g/mol. The summed E-state index contributed by atoms with van der Waals surface area (Å²) < 4.78 is 41.5. The molecule has 0 radical (unpaired) electrons. The maximum absolute atomic E-state index is 14.4. The summed E-state index contributed by atoms with van der Waals surface area (Å²) in [5.41, 5.74) is 1.52. The van der Waals surface area contributed by atoms with Crippen molar-refractivity contribution in [1.29, 1.82) is 0 Å². The number of nitrogens with zero attached hydrogens (tertiary/aromatic N) is 3. The third-order valence-electron chi connectivity index (χ3n) is 4.74. The van der Waals surface area contributed by atoms with Crippen LogP contribution in [-0.4, -0.2) is 29.0 Å². The summed E-state index contributed by atoms with van der Waals surface area (Å²) >= 11 is 12.1. The van der Waals surface area contributed by atoms with E-state index in [9.17, 15) is 13.2 Å². The SMILES string of the molecule is Fc1ccc(-c2ccc(Cl)c(Cl)c2)c2c(N3CCC(F)(F)CC3)ncnc12. The van der Waals surface area contributed by atoms with E-state index >= 15 is 0 Å². The molecule has 3 aromatic rings. The molecule has 0 aliphatic carbocycles. The van der Waals surface area contributed by atoms with Gasteiger partial charge in [0.25, 0.3) is 5.92 Å². The van der Waals surface area contributed by atoms with E-state index in [0.717, 1.165) is 0 Å². The summed E-state index contributed by atoms with van der Waals surface area (Å²) in [5, 5.41) is 1.24. The molecule has 0 N–H and O–H groups in total. The number of anilines is 1. The van der Waals surface area contributed by atoms with Crippen molar-refractivity contribution in [2.24, 2.45) is 0 Å². The topological polar surface area (TPSA) is 29.0 Å². The molecule has 4 rings (SSSR count). The van der Waals surface area contributed by atoms with Crippen LogP contribution >= 0.6 is 23.2 Å². The van der Waals surface area contributed by atoms with E-state index < -0.39 is 11.7 Å². The van der Waals surface area contributed by atoms with E-state index in [0.29, 0.717) is 32.4 Å². The van der Waals surface area contributed by atoms with Crippen LogP contribution in [0.15, 0.2) is 36.7 Å². The van der Waals surface area contributed by atoms with Crippen LogP contribution in [0.3, 0.4) is 0 Å². The summed E-state index contributed by atoms with van der Waals surface area (Å²) in [6.45, 7) is 0.271. The van der Waals surface area contributed by atoms with Crippen molar-refractivity contribution in [2.45, 2.75) is 18.8 Å². The van der Waals surface area contributed by atoms with Crippen LogP contribution in [0.2, 0.25) is 10.0 Å². The van der Waals surface area contributed by atoms with Crippen LogP contribution in [0.5, 0.6) is 0 Å². The van der Waals surface area contributed by atoms with Crippen LogP contribution in [0.4, 0.5) is 19.0 Å². The average molecular weight is 412 g/mol. The van der Waals surface area contributed by atoms with Gasteiger partial charge in [0.1, 0.15) is 23.5 Å². The zero-order valence-corrected chi connectivity index (χ0v) is 15.5. The maximum atomic E-state index is 14.4. The molecule has 3 nitrogen and oxygen atoms in total. The number of hydrogen-bond donors (Lipinski definition) is 0. The van der Waals surface area contributed by atoms with Gasteiger partial charge < -0.3 is 4.90 Å². The second-order valence-electron chi connectivity index (χ2n) is 6.49. The molecule has 1 saturated heterocycles. The number of aromatic nitrogens is 2. The second-order valence-corrected chi connectivity index (χ2v) is 7.30. The highest BCUT2D eigenvalue weighted by Gasteiger charge is 2.35. The van der Waals surface area contributed by atoms with Gasteiger partial charge in [-0.3, -0.25) is 0 Å². The lowest BCUT2D eigenvalue weighted by atomic mass is 9.99. The molecule has 1 aliphatic rings. The van der Waals surface area contributed by atoms with E-state index in [-0.39, 0.29) is 31.4 Å². The largest absolute Gasteiger partial charge is 0.356 e. The Bertz CT molecular complexity index is 1020. The fraction of sp³-hybridized carbons (Fsp3) is 0.263. The van der Waals surface area contributed by atoms with Crippen molar-refractivity contribution in [3.63, 3.8) is 0 Å². The molecule has 8 heteroatoms. The van der Waals surface area contributed by atoms with Gasteiger partial charge in [0.2, 0.25) is 0 Å². The van der Waals surface area contributed by atoms with Crippen molar-refractivity contribution in [1.82, 2.24) is 9.97 Å². The Morgan fingerprint density at radius 2 is 1.70 bits per heavy atom. The molecule has 0 amide bonds. The molecule has 140 valence electrons. The van der Waals surface area contributed by atoms with Crippen LogP contribution in [0.1, 0.15) is 12.8 Å². The number of halogens is 5. The first-order valence-electron chi connectivity index (χ1n) is 8.37. The third kappa shape index (κ3) is 3.44. The molecular weight excluding hydrogens is 398 g/mol. The van der Waals surface area contributed by atoms with E-state index in [1.54, 1.807) is 29.2 Å². The Kier molecular flexibility index (Phi) is 4.64. The first-order valence-corrected chi connectivity index (χ1v) is 9.13. The van der Waals surface area contributed by atoms with Gasteiger partial charge in [0.05, 0.1) is 15.4 Å². The van der Waals surface area contributed by atoms with Crippen LogP contribution in [0.25, 0.3) is 22.0 Å². The predicted octanol–water partition coefficient (Wildman–Crippen LogP) is 5.98. The van der Waals surface area contributed by atoms with Gasteiger partial charge in [-0.05, 0) is 29.3 Å². The Morgan fingerprint density at radius 3 is 2.41 bits per heavy atom. The summed E-state index contributed by atoms with van der Waals surface area (Å²) in [4.78, 5) is 10.1. The fourth-order valence-corrected chi connectivity index (χ4v) is 3.61. The van der Waals surface area contributed by atoms with Crippen molar-refractivity contribution in [3.05, 3.63) is 52.5 Å². The average Bonchev–Trinajstić information content (AvgIpc) is 2.64. The number of hydrogen-bond acceptors (Lipinski definition) is 3. The van der Waals surface area contributed by atoms with E-state index in [2.05, 4.69) is 9.97 Å². The van der Waals surface area contributed by atoms with E-state index in [1.165, 1.54) is 12.4 Å². The normalized spacial score (nSPS) is 16.7. The number of alkyl halides is 2. The molecule has 2 heterocycles. The highest BCUT2D eigenvalue weighted by atomic mass is 35.5. The number of piperidine rings is 1. The van der Waals surface area contributed by atoms with Crippen LogP contribution < -0.4 is 4.90 Å². The number of rotatable bonds is 2. The molecule has 27 heavy (non-hydrogen) atoms. The first kappa shape index (κ1) is 18.3. The predicted molar refractivity (Wildman–Crippen MR) is 101 cm³/mol. The van der Waals surface area contributed by atoms with E-state index in [1.807, 2.05) is 0 Å². The van der Waals surface area contributed by atoms with Gasteiger partial charge in [-0.15, -0.1) is 0 Å². The van der Waals surface area contributed by atoms with E-state index in [4.69, 9.17) is 23.2 Å². The molecule has 1 aliphatic heterocycles. The first-order chi connectivity index (χ1) is 12.9. The minimum atomic E-state index is -2.68. The number of fused-ring (bicyclic) bond motifs is 1. The van der Waals surface area contributed by atoms with Gasteiger partial charge in [0.15, 0.2) is 0 Å². The van der Waals surface area contributed by atoms with Gasteiger partial charge >= 0.3 is 0 Å². The molecule has 0 saturated carbocycles. The third-order valence-corrected chi connectivity index (χ3v) is 5.48. The highest BCUT2D eigenvalue weighted by molar-refractivity contribution is 6.42. The Hall–Kier alpha value is -2.05. The standard InChI is InChI=1S/C19H14Cl2F3N3/c20-13-3-1-11(9-14(13)21)12-2-4-15(22)17-16(12)18(26-10-25-17)27-7-5-19(23,24)6-8-27/h1-4,9-10H,5-8H2. The number of benzene rings is 2. The Labute approximate surface area is 163 Å². The molecular formula is C19H14Cl2F3N3. The molecule has 1 aromatic heterocycles. The minimum Gasteiger partial charge on any atom is -0.356 e. The molecule has 0 unspecified atom stereocenters. The van der Waals surface area contributed by atoms with Crippen LogP contribution in [0, 0.1) is 5.82 Å². The van der Waals surface area contributed by atoms with Gasteiger partial charge in [0, 0.05) is 25.9 Å². The van der Waals surface area contributed by atoms with Crippen LogP contribution in [-0.2, 0) is 0 Å². The molecule has 0 spiro atoms. The maximum Gasteiger partial charge on any atom is 0.251 e. The summed E-state index contributed by atoms with van der Waals surface area (Å²) in [7, 11) is 0. The minimum absolute atomic E-state index is 0.135. The lowest BCUT2D eigenvalue weighted by Crippen LogP contribution is -2.39. The van der Waals surface area contributed by atoms with Crippen molar-refractivity contribution in [3.8, 4) is 11.1 Å². The highest BCUT2D eigenvalue weighted by Crippen LogP contribution is 2.39. The molecule has 2 aromatic carbocycles. The molecule has 0 atom stereocenters. The zero-order chi connectivity index (χ0) is 19.2. The quantitative estimate of drug-likeness (QED) is 0.519. The Morgan fingerprint density at radius 1 is 0.963 bits per heavy atom. The van der Waals surface area contributed by atoms with Crippen molar-refractivity contribution < 1.29 is 13.2 Å². The zero-order valence-electron chi connectivity index (χ0n) is 14.0. The Balaban J connectivity index is 1.90.